The van der Waals surface area contributed by atoms with Gasteiger partial charge in [0.05, 0.1) is 18.3 Å². The summed E-state index contributed by atoms with van der Waals surface area (Å²) in [4.78, 5) is 0. The molecule has 3 atom stereocenters. The van der Waals surface area contributed by atoms with E-state index in [1.807, 2.05) is 0 Å². The fourth-order valence-electron chi connectivity index (χ4n) is 2.22. The maximum atomic E-state index is 9.80. The molecule has 0 saturated carbocycles. The van der Waals surface area contributed by atoms with Gasteiger partial charge in [-0.1, -0.05) is 32.6 Å². The van der Waals surface area contributed by atoms with Gasteiger partial charge < -0.3 is 15.3 Å². The summed E-state index contributed by atoms with van der Waals surface area (Å²) in [5.74, 6) is -0.125. The van der Waals surface area contributed by atoms with Crippen molar-refractivity contribution < 1.29 is 15.3 Å². The predicted octanol–water partition coefficient (Wildman–Crippen LogP) is 2.48. The Balaban J connectivity index is 3.69. The quantitative estimate of drug-likeness (QED) is 0.519. The van der Waals surface area contributed by atoms with Crippen molar-refractivity contribution in [3.63, 3.8) is 0 Å². The van der Waals surface area contributed by atoms with Gasteiger partial charge in [0, 0.05) is 5.92 Å². The van der Waals surface area contributed by atoms with Crippen LogP contribution in [0.5, 0.6) is 0 Å². The second kappa shape index (κ2) is 9.86. The molecule has 0 fully saturated rings. The molecule has 0 aromatic heterocycles. The molecule has 0 aromatic carbocycles. The molecule has 3 unspecified atom stereocenters. The van der Waals surface area contributed by atoms with Crippen molar-refractivity contribution in [2.24, 2.45) is 5.92 Å². The number of unbranched alkanes of at least 4 members (excludes halogenated alkanes) is 3. The van der Waals surface area contributed by atoms with Gasteiger partial charge in [0.15, 0.2) is 0 Å². The molecule has 0 aliphatic rings. The first-order chi connectivity index (χ1) is 7.99. The van der Waals surface area contributed by atoms with Crippen molar-refractivity contribution in [1.82, 2.24) is 0 Å². The van der Waals surface area contributed by atoms with Gasteiger partial charge in [0.25, 0.3) is 0 Å². The van der Waals surface area contributed by atoms with Crippen molar-refractivity contribution in [3.05, 3.63) is 0 Å². The SMILES string of the molecule is CCCCCCC(O)CCC(C(C)O)C(C)O. The molecule has 17 heavy (non-hydrogen) atoms. The summed E-state index contributed by atoms with van der Waals surface area (Å²) in [5.41, 5.74) is 0. The lowest BCUT2D eigenvalue weighted by molar-refractivity contribution is 0.0178. The van der Waals surface area contributed by atoms with E-state index in [0.717, 1.165) is 12.8 Å². The van der Waals surface area contributed by atoms with Crippen molar-refractivity contribution in [2.75, 3.05) is 0 Å². The molecule has 3 N–H and O–H groups in total. The minimum absolute atomic E-state index is 0.125. The molecule has 3 nitrogen and oxygen atoms in total. The second-order valence-corrected chi connectivity index (χ2v) is 5.23. The Morgan fingerprint density at radius 2 is 1.35 bits per heavy atom. The van der Waals surface area contributed by atoms with Crippen LogP contribution in [0, 0.1) is 5.92 Å². The zero-order valence-corrected chi connectivity index (χ0v) is 11.6. The second-order valence-electron chi connectivity index (χ2n) is 5.23. The van der Waals surface area contributed by atoms with Crippen LogP contribution < -0.4 is 0 Å². The van der Waals surface area contributed by atoms with Gasteiger partial charge in [-0.05, 0) is 33.1 Å². The molecule has 3 heteroatoms. The van der Waals surface area contributed by atoms with Crippen molar-refractivity contribution in [3.8, 4) is 0 Å². The van der Waals surface area contributed by atoms with Crippen LogP contribution in [-0.2, 0) is 0 Å². The van der Waals surface area contributed by atoms with Crippen LogP contribution in [0.2, 0.25) is 0 Å². The lowest BCUT2D eigenvalue weighted by atomic mass is 9.90. The number of rotatable bonds is 10. The average molecular weight is 246 g/mol. The molecule has 104 valence electrons. The number of hydrogen-bond acceptors (Lipinski definition) is 3. The molecule has 0 saturated heterocycles. The number of hydrogen-bond donors (Lipinski definition) is 3. The molecule has 0 aliphatic carbocycles. The Labute approximate surface area is 106 Å². The predicted molar refractivity (Wildman–Crippen MR) is 70.9 cm³/mol. The first-order valence-electron chi connectivity index (χ1n) is 7.03. The fraction of sp³-hybridized carbons (Fsp3) is 1.00. The molecule has 0 heterocycles. The molecule has 0 rings (SSSR count). The minimum atomic E-state index is -0.512. The molecule has 0 radical (unpaired) electrons. The van der Waals surface area contributed by atoms with Gasteiger partial charge in [-0.3, -0.25) is 0 Å². The Morgan fingerprint density at radius 1 is 0.765 bits per heavy atom. The molecule has 0 spiro atoms. The minimum Gasteiger partial charge on any atom is -0.393 e. The van der Waals surface area contributed by atoms with Crippen LogP contribution in [0.15, 0.2) is 0 Å². The summed E-state index contributed by atoms with van der Waals surface area (Å²) >= 11 is 0. The number of aliphatic hydroxyl groups is 3. The first kappa shape index (κ1) is 16.9. The van der Waals surface area contributed by atoms with Crippen molar-refractivity contribution in [2.45, 2.75) is 84.0 Å². The summed E-state index contributed by atoms with van der Waals surface area (Å²) < 4.78 is 0. The standard InChI is InChI=1S/C14H30O3/c1-4-5-6-7-8-13(17)9-10-14(11(2)15)12(3)16/h11-17H,4-10H2,1-3H3. The van der Waals surface area contributed by atoms with Gasteiger partial charge in [-0.2, -0.15) is 0 Å². The lowest BCUT2D eigenvalue weighted by Gasteiger charge is -2.23. The van der Waals surface area contributed by atoms with E-state index >= 15 is 0 Å². The van der Waals surface area contributed by atoms with Gasteiger partial charge in [-0.25, -0.2) is 0 Å². The Hall–Kier alpha value is -0.120. The van der Waals surface area contributed by atoms with Crippen LogP contribution in [0.4, 0.5) is 0 Å². The van der Waals surface area contributed by atoms with E-state index in [4.69, 9.17) is 0 Å². The molecule has 0 aromatic rings. The highest BCUT2D eigenvalue weighted by Gasteiger charge is 2.21. The van der Waals surface area contributed by atoms with E-state index in [-0.39, 0.29) is 12.0 Å². The first-order valence-corrected chi connectivity index (χ1v) is 7.03. The number of aliphatic hydroxyl groups excluding tert-OH is 3. The summed E-state index contributed by atoms with van der Waals surface area (Å²) in [7, 11) is 0. The normalized spacial score (nSPS) is 18.7. The van der Waals surface area contributed by atoms with Gasteiger partial charge in [-0.15, -0.1) is 0 Å². The van der Waals surface area contributed by atoms with E-state index in [1.165, 1.54) is 19.3 Å². The highest BCUT2D eigenvalue weighted by Crippen LogP contribution is 2.19. The summed E-state index contributed by atoms with van der Waals surface area (Å²) in [6.07, 6.45) is 5.59. The maximum absolute atomic E-state index is 9.80. The average Bonchev–Trinajstić information content (AvgIpc) is 2.23. The maximum Gasteiger partial charge on any atom is 0.0564 e. The third kappa shape index (κ3) is 8.58. The van der Waals surface area contributed by atoms with Crippen LogP contribution in [-0.4, -0.2) is 33.6 Å². The lowest BCUT2D eigenvalue weighted by Crippen LogP contribution is -2.28. The molecular weight excluding hydrogens is 216 g/mol. The summed E-state index contributed by atoms with van der Waals surface area (Å²) in [6.45, 7) is 5.57. The molecular formula is C14H30O3. The zero-order chi connectivity index (χ0) is 13.3. The Bertz CT molecular complexity index is 161. The smallest absolute Gasteiger partial charge is 0.0564 e. The van der Waals surface area contributed by atoms with E-state index in [1.54, 1.807) is 13.8 Å². The largest absolute Gasteiger partial charge is 0.393 e. The van der Waals surface area contributed by atoms with E-state index in [0.29, 0.717) is 12.8 Å². The van der Waals surface area contributed by atoms with E-state index in [2.05, 4.69) is 6.92 Å². The summed E-state index contributed by atoms with van der Waals surface area (Å²) in [6, 6.07) is 0. The Kier molecular flexibility index (Phi) is 9.79. The summed E-state index contributed by atoms with van der Waals surface area (Å²) in [5, 5.41) is 28.8. The third-order valence-corrected chi connectivity index (χ3v) is 3.46. The molecule has 0 bridgehead atoms. The van der Waals surface area contributed by atoms with Crippen LogP contribution in [0.1, 0.15) is 65.7 Å². The van der Waals surface area contributed by atoms with E-state index < -0.39 is 12.2 Å². The van der Waals surface area contributed by atoms with Crippen molar-refractivity contribution >= 4 is 0 Å². The molecule has 0 amide bonds. The van der Waals surface area contributed by atoms with Crippen LogP contribution in [0.3, 0.4) is 0 Å². The fourth-order valence-corrected chi connectivity index (χ4v) is 2.22. The molecule has 0 aliphatic heterocycles. The van der Waals surface area contributed by atoms with E-state index in [9.17, 15) is 15.3 Å². The van der Waals surface area contributed by atoms with Crippen LogP contribution >= 0.6 is 0 Å². The monoisotopic (exact) mass is 246 g/mol. The van der Waals surface area contributed by atoms with Crippen molar-refractivity contribution in [1.29, 1.82) is 0 Å². The van der Waals surface area contributed by atoms with Crippen LogP contribution in [0.25, 0.3) is 0 Å². The highest BCUT2D eigenvalue weighted by molar-refractivity contribution is 4.72. The topological polar surface area (TPSA) is 60.7 Å². The van der Waals surface area contributed by atoms with Gasteiger partial charge in [0.1, 0.15) is 0 Å². The third-order valence-electron chi connectivity index (χ3n) is 3.46. The van der Waals surface area contributed by atoms with Gasteiger partial charge in [0.2, 0.25) is 0 Å². The van der Waals surface area contributed by atoms with Gasteiger partial charge >= 0.3 is 0 Å². The zero-order valence-electron chi connectivity index (χ0n) is 11.6. The highest BCUT2D eigenvalue weighted by atomic mass is 16.3. The Morgan fingerprint density at radius 3 is 1.82 bits per heavy atom.